The summed E-state index contributed by atoms with van der Waals surface area (Å²) in [5, 5.41) is 3.29. The van der Waals surface area contributed by atoms with Crippen LogP contribution >= 0.6 is 11.6 Å². The molecule has 0 bridgehead atoms. The van der Waals surface area contributed by atoms with Crippen molar-refractivity contribution in [1.29, 1.82) is 0 Å². The van der Waals surface area contributed by atoms with E-state index in [2.05, 4.69) is 19.2 Å². The van der Waals surface area contributed by atoms with Gasteiger partial charge in [-0.15, -0.1) is 0 Å². The Morgan fingerprint density at radius 3 is 2.33 bits per heavy atom. The van der Waals surface area contributed by atoms with Gasteiger partial charge in [0.05, 0.1) is 0 Å². The zero-order valence-corrected chi connectivity index (χ0v) is 14.8. The molecule has 5 heteroatoms. The average Bonchev–Trinajstić information content (AvgIpc) is 2.52. The maximum atomic E-state index is 12.2. The predicted molar refractivity (Wildman–Crippen MR) is 98.6 cm³/mol. The molecule has 2 aromatic rings. The third-order valence-electron chi connectivity index (χ3n) is 3.66. The summed E-state index contributed by atoms with van der Waals surface area (Å²) in [6.07, 6.45) is 0. The second kappa shape index (κ2) is 7.97. The van der Waals surface area contributed by atoms with Gasteiger partial charge in [0, 0.05) is 23.3 Å². The molecule has 2 aromatic carbocycles. The van der Waals surface area contributed by atoms with Crippen LogP contribution in [0.4, 0.5) is 11.4 Å². The summed E-state index contributed by atoms with van der Waals surface area (Å²) >= 11 is 5.90. The van der Waals surface area contributed by atoms with Crippen molar-refractivity contribution in [3.05, 3.63) is 59.1 Å². The topological polar surface area (TPSA) is 49.4 Å². The zero-order valence-electron chi connectivity index (χ0n) is 14.0. The van der Waals surface area contributed by atoms with E-state index in [1.165, 1.54) is 17.4 Å². The Morgan fingerprint density at radius 1 is 1.12 bits per heavy atom. The lowest BCUT2D eigenvalue weighted by atomic mass is 10.0. The highest BCUT2D eigenvalue weighted by Gasteiger charge is 2.16. The van der Waals surface area contributed by atoms with Crippen LogP contribution in [0.5, 0.6) is 0 Å². The van der Waals surface area contributed by atoms with Crippen LogP contribution in [-0.4, -0.2) is 18.4 Å². The lowest BCUT2D eigenvalue weighted by Crippen LogP contribution is -2.36. The number of hydrogen-bond acceptors (Lipinski definition) is 2. The number of halogens is 1. The van der Waals surface area contributed by atoms with E-state index in [0.29, 0.717) is 22.3 Å². The van der Waals surface area contributed by atoms with Gasteiger partial charge in [-0.05, 0) is 41.8 Å². The number of anilines is 2. The SMILES string of the molecule is CC(=O)N(CC(=O)Nc1cccc(Cl)c1)c1ccc(C(C)C)cc1. The maximum absolute atomic E-state index is 12.2. The van der Waals surface area contributed by atoms with Crippen molar-refractivity contribution in [2.45, 2.75) is 26.7 Å². The van der Waals surface area contributed by atoms with Gasteiger partial charge in [-0.2, -0.15) is 0 Å². The van der Waals surface area contributed by atoms with E-state index in [-0.39, 0.29) is 18.4 Å². The molecule has 0 radical (unpaired) electrons. The van der Waals surface area contributed by atoms with Crippen molar-refractivity contribution in [2.75, 3.05) is 16.8 Å². The highest BCUT2D eigenvalue weighted by atomic mass is 35.5. The Kier molecular flexibility index (Phi) is 5.99. The van der Waals surface area contributed by atoms with Crippen molar-refractivity contribution in [3.63, 3.8) is 0 Å². The van der Waals surface area contributed by atoms with Crippen LogP contribution in [0.2, 0.25) is 5.02 Å². The summed E-state index contributed by atoms with van der Waals surface area (Å²) in [5.41, 5.74) is 2.49. The van der Waals surface area contributed by atoms with Gasteiger partial charge in [-0.1, -0.05) is 43.6 Å². The van der Waals surface area contributed by atoms with Crippen LogP contribution in [-0.2, 0) is 9.59 Å². The molecule has 0 aliphatic carbocycles. The molecule has 126 valence electrons. The molecular weight excluding hydrogens is 324 g/mol. The number of carbonyl (C=O) groups excluding carboxylic acids is 2. The minimum atomic E-state index is -0.277. The second-order valence-electron chi connectivity index (χ2n) is 5.91. The molecule has 24 heavy (non-hydrogen) atoms. The first-order valence-electron chi connectivity index (χ1n) is 7.80. The average molecular weight is 345 g/mol. The first-order valence-corrected chi connectivity index (χ1v) is 8.18. The van der Waals surface area contributed by atoms with Gasteiger partial charge < -0.3 is 10.2 Å². The summed E-state index contributed by atoms with van der Waals surface area (Å²) in [6.45, 7) is 5.61. The van der Waals surface area contributed by atoms with Crippen molar-refractivity contribution in [1.82, 2.24) is 0 Å². The van der Waals surface area contributed by atoms with Crippen molar-refractivity contribution in [3.8, 4) is 0 Å². The summed E-state index contributed by atoms with van der Waals surface area (Å²) in [4.78, 5) is 25.6. The van der Waals surface area contributed by atoms with Crippen LogP contribution < -0.4 is 10.2 Å². The Morgan fingerprint density at radius 2 is 1.79 bits per heavy atom. The smallest absolute Gasteiger partial charge is 0.244 e. The van der Waals surface area contributed by atoms with E-state index < -0.39 is 0 Å². The van der Waals surface area contributed by atoms with Gasteiger partial charge in [-0.3, -0.25) is 9.59 Å². The Labute approximate surface area is 147 Å². The van der Waals surface area contributed by atoms with Crippen molar-refractivity contribution < 1.29 is 9.59 Å². The maximum Gasteiger partial charge on any atom is 0.244 e. The van der Waals surface area contributed by atoms with E-state index in [4.69, 9.17) is 11.6 Å². The minimum absolute atomic E-state index is 0.0527. The largest absolute Gasteiger partial charge is 0.324 e. The van der Waals surface area contributed by atoms with Crippen LogP contribution in [0, 0.1) is 0 Å². The molecule has 0 fully saturated rings. The first-order chi connectivity index (χ1) is 11.4. The van der Waals surface area contributed by atoms with E-state index in [1.54, 1.807) is 24.3 Å². The fraction of sp³-hybridized carbons (Fsp3) is 0.263. The molecule has 1 N–H and O–H groups in total. The number of amides is 2. The monoisotopic (exact) mass is 344 g/mol. The second-order valence-corrected chi connectivity index (χ2v) is 6.35. The van der Waals surface area contributed by atoms with E-state index in [0.717, 1.165) is 0 Å². The number of rotatable bonds is 5. The number of nitrogens with zero attached hydrogens (tertiary/aromatic N) is 1. The molecule has 0 spiro atoms. The first kappa shape index (κ1) is 18.0. The molecule has 0 aliphatic rings. The molecule has 0 aliphatic heterocycles. The summed E-state index contributed by atoms with van der Waals surface area (Å²) < 4.78 is 0. The highest BCUT2D eigenvalue weighted by molar-refractivity contribution is 6.30. The molecule has 2 rings (SSSR count). The fourth-order valence-electron chi connectivity index (χ4n) is 2.33. The van der Waals surface area contributed by atoms with Gasteiger partial charge >= 0.3 is 0 Å². The van der Waals surface area contributed by atoms with E-state index in [9.17, 15) is 9.59 Å². The Bertz CT molecular complexity index is 726. The van der Waals surface area contributed by atoms with Gasteiger partial charge in [-0.25, -0.2) is 0 Å². The van der Waals surface area contributed by atoms with Gasteiger partial charge in [0.2, 0.25) is 11.8 Å². The lowest BCUT2D eigenvalue weighted by molar-refractivity contribution is -0.120. The predicted octanol–water partition coefficient (Wildman–Crippen LogP) is 4.46. The number of nitrogens with one attached hydrogen (secondary N) is 1. The van der Waals surface area contributed by atoms with E-state index >= 15 is 0 Å². The minimum Gasteiger partial charge on any atom is -0.324 e. The molecule has 0 saturated carbocycles. The zero-order chi connectivity index (χ0) is 17.7. The third-order valence-corrected chi connectivity index (χ3v) is 3.90. The summed E-state index contributed by atoms with van der Waals surface area (Å²) in [5.74, 6) is -0.0510. The molecule has 0 heterocycles. The van der Waals surface area contributed by atoms with Crippen LogP contribution in [0.3, 0.4) is 0 Å². The molecule has 2 amide bonds. The number of carbonyl (C=O) groups is 2. The van der Waals surface area contributed by atoms with Gasteiger partial charge in [0.15, 0.2) is 0 Å². The Balaban J connectivity index is 2.10. The van der Waals surface area contributed by atoms with Crippen LogP contribution in [0.15, 0.2) is 48.5 Å². The molecule has 0 aromatic heterocycles. The quantitative estimate of drug-likeness (QED) is 0.870. The van der Waals surface area contributed by atoms with Crippen molar-refractivity contribution >= 4 is 34.8 Å². The number of benzene rings is 2. The summed E-state index contributed by atoms with van der Waals surface area (Å²) in [6, 6.07) is 14.6. The summed E-state index contributed by atoms with van der Waals surface area (Å²) in [7, 11) is 0. The lowest BCUT2D eigenvalue weighted by Gasteiger charge is -2.21. The van der Waals surface area contributed by atoms with E-state index in [1.807, 2.05) is 24.3 Å². The molecule has 4 nitrogen and oxygen atoms in total. The standard InChI is InChI=1S/C19H21ClN2O2/c1-13(2)15-7-9-18(10-8-15)22(14(3)23)12-19(24)21-17-6-4-5-16(20)11-17/h4-11,13H,12H2,1-3H3,(H,21,24). The molecular formula is C19H21ClN2O2. The highest BCUT2D eigenvalue weighted by Crippen LogP contribution is 2.21. The molecule has 0 unspecified atom stereocenters. The molecule has 0 saturated heterocycles. The van der Waals surface area contributed by atoms with Gasteiger partial charge in [0.25, 0.3) is 0 Å². The third kappa shape index (κ3) is 4.83. The van der Waals surface area contributed by atoms with Gasteiger partial charge in [0.1, 0.15) is 6.54 Å². The van der Waals surface area contributed by atoms with Crippen molar-refractivity contribution in [2.24, 2.45) is 0 Å². The number of hydrogen-bond donors (Lipinski definition) is 1. The van der Waals surface area contributed by atoms with Crippen LogP contribution in [0.25, 0.3) is 0 Å². The normalized spacial score (nSPS) is 10.5. The Hall–Kier alpha value is -2.33. The fourth-order valence-corrected chi connectivity index (χ4v) is 2.52. The van der Waals surface area contributed by atoms with Crippen LogP contribution in [0.1, 0.15) is 32.3 Å². The molecule has 0 atom stereocenters.